The van der Waals surface area contributed by atoms with Crippen LogP contribution < -0.4 is 0 Å². The van der Waals surface area contributed by atoms with Gasteiger partial charge in [0.25, 0.3) is 0 Å². The van der Waals surface area contributed by atoms with Gasteiger partial charge < -0.3 is 9.80 Å². The molecule has 142 valence electrons. The number of hydrogen-bond donors (Lipinski definition) is 0. The molecule has 2 atom stereocenters. The molecule has 0 N–H and O–H groups in total. The molecule has 0 radical (unpaired) electrons. The van der Waals surface area contributed by atoms with Gasteiger partial charge in [-0.3, -0.25) is 9.59 Å². The molecule has 2 amide bonds. The maximum atomic E-state index is 13.3. The Morgan fingerprint density at radius 1 is 1.04 bits per heavy atom. The van der Waals surface area contributed by atoms with Gasteiger partial charge in [0, 0.05) is 24.9 Å². The fourth-order valence-electron chi connectivity index (χ4n) is 4.67. The largest absolute Gasteiger partial charge is 0.335 e. The van der Waals surface area contributed by atoms with E-state index in [-0.39, 0.29) is 23.9 Å². The van der Waals surface area contributed by atoms with Crippen LogP contribution in [0.3, 0.4) is 0 Å². The minimum Gasteiger partial charge on any atom is -0.335 e. The first-order valence-corrected chi connectivity index (χ1v) is 10.7. The Kier molecular flexibility index (Phi) is 5.04. The third-order valence-electron chi connectivity index (χ3n) is 5.99. The number of thiophene rings is 1. The SMILES string of the molecule is CCC1c2ccsc2CCN1C(=O)CC1c2ccccc2CCN1C(C)=O. The highest BCUT2D eigenvalue weighted by Gasteiger charge is 2.35. The van der Waals surface area contributed by atoms with E-state index in [4.69, 9.17) is 0 Å². The maximum absolute atomic E-state index is 13.3. The lowest BCUT2D eigenvalue weighted by Gasteiger charge is -2.40. The maximum Gasteiger partial charge on any atom is 0.225 e. The van der Waals surface area contributed by atoms with Crippen LogP contribution in [0.1, 0.15) is 60.3 Å². The van der Waals surface area contributed by atoms with Crippen LogP contribution >= 0.6 is 11.3 Å². The van der Waals surface area contributed by atoms with Gasteiger partial charge in [0.15, 0.2) is 0 Å². The van der Waals surface area contributed by atoms with Crippen molar-refractivity contribution in [3.63, 3.8) is 0 Å². The number of amides is 2. The van der Waals surface area contributed by atoms with Crippen molar-refractivity contribution < 1.29 is 9.59 Å². The summed E-state index contributed by atoms with van der Waals surface area (Å²) < 4.78 is 0. The number of carbonyl (C=O) groups is 2. The Labute approximate surface area is 164 Å². The van der Waals surface area contributed by atoms with Gasteiger partial charge in [-0.25, -0.2) is 0 Å². The van der Waals surface area contributed by atoms with Crippen LogP contribution in [0.4, 0.5) is 0 Å². The van der Waals surface area contributed by atoms with Crippen molar-refractivity contribution in [1.29, 1.82) is 0 Å². The van der Waals surface area contributed by atoms with Gasteiger partial charge in [-0.05, 0) is 47.4 Å². The van der Waals surface area contributed by atoms with E-state index < -0.39 is 0 Å². The third kappa shape index (κ3) is 3.29. The fourth-order valence-corrected chi connectivity index (χ4v) is 5.59. The lowest BCUT2D eigenvalue weighted by atomic mass is 9.89. The molecule has 2 aromatic rings. The Hall–Kier alpha value is -2.14. The summed E-state index contributed by atoms with van der Waals surface area (Å²) in [7, 11) is 0. The number of fused-ring (bicyclic) bond motifs is 2. The molecule has 0 bridgehead atoms. The Balaban J connectivity index is 1.60. The molecule has 0 spiro atoms. The normalized spacial score (nSPS) is 21.6. The van der Waals surface area contributed by atoms with Crippen molar-refractivity contribution in [3.8, 4) is 0 Å². The van der Waals surface area contributed by atoms with E-state index in [1.807, 2.05) is 21.9 Å². The van der Waals surface area contributed by atoms with Crippen LogP contribution in [0.15, 0.2) is 35.7 Å². The monoisotopic (exact) mass is 382 g/mol. The van der Waals surface area contributed by atoms with Crippen LogP contribution in [0.5, 0.6) is 0 Å². The average molecular weight is 383 g/mol. The molecule has 4 nitrogen and oxygen atoms in total. The summed E-state index contributed by atoms with van der Waals surface area (Å²) in [5.41, 5.74) is 3.71. The first kappa shape index (κ1) is 18.2. The molecular formula is C22H26N2O2S. The highest BCUT2D eigenvalue weighted by Crippen LogP contribution is 2.38. The molecule has 2 aliphatic rings. The Morgan fingerprint density at radius 3 is 2.59 bits per heavy atom. The zero-order chi connectivity index (χ0) is 19.0. The van der Waals surface area contributed by atoms with Crippen molar-refractivity contribution in [2.24, 2.45) is 0 Å². The number of hydrogen-bond acceptors (Lipinski definition) is 3. The van der Waals surface area contributed by atoms with E-state index in [1.54, 1.807) is 18.3 Å². The van der Waals surface area contributed by atoms with E-state index in [0.29, 0.717) is 13.0 Å². The van der Waals surface area contributed by atoms with Gasteiger partial charge >= 0.3 is 0 Å². The standard InChI is InChI=1S/C22H26N2O2S/c1-3-19-18-10-13-27-21(18)9-12-24(19)22(26)14-20-17-7-5-4-6-16(17)8-11-23(20)15(2)25/h4-7,10,13,19-20H,3,8-9,11-12,14H2,1-2H3. The van der Waals surface area contributed by atoms with Gasteiger partial charge in [0.05, 0.1) is 18.5 Å². The van der Waals surface area contributed by atoms with Gasteiger partial charge in [0.1, 0.15) is 0 Å². The molecular weight excluding hydrogens is 356 g/mol. The van der Waals surface area contributed by atoms with Crippen molar-refractivity contribution >= 4 is 23.2 Å². The molecule has 0 saturated heterocycles. The Morgan fingerprint density at radius 2 is 1.81 bits per heavy atom. The number of rotatable bonds is 3. The van der Waals surface area contributed by atoms with Gasteiger partial charge in [0.2, 0.25) is 11.8 Å². The van der Waals surface area contributed by atoms with Crippen LogP contribution in [-0.2, 0) is 22.4 Å². The summed E-state index contributed by atoms with van der Waals surface area (Å²) in [5, 5.41) is 2.14. The summed E-state index contributed by atoms with van der Waals surface area (Å²) in [6.45, 7) is 5.23. The van der Waals surface area contributed by atoms with Crippen molar-refractivity contribution in [2.75, 3.05) is 13.1 Å². The zero-order valence-electron chi connectivity index (χ0n) is 16.0. The van der Waals surface area contributed by atoms with Gasteiger partial charge in [-0.2, -0.15) is 0 Å². The second-order valence-electron chi connectivity index (χ2n) is 7.44. The van der Waals surface area contributed by atoms with E-state index in [2.05, 4.69) is 30.5 Å². The van der Waals surface area contributed by atoms with E-state index in [0.717, 1.165) is 31.4 Å². The minimum absolute atomic E-state index is 0.0492. The topological polar surface area (TPSA) is 40.6 Å². The van der Waals surface area contributed by atoms with Gasteiger partial charge in [-0.15, -0.1) is 11.3 Å². The number of carbonyl (C=O) groups excluding carboxylic acids is 2. The van der Waals surface area contributed by atoms with E-state index in [1.165, 1.54) is 16.0 Å². The average Bonchev–Trinajstić information content (AvgIpc) is 3.16. The summed E-state index contributed by atoms with van der Waals surface area (Å²) in [6, 6.07) is 10.4. The number of nitrogens with zero attached hydrogens (tertiary/aromatic N) is 2. The Bertz CT molecular complexity index is 860. The fraction of sp³-hybridized carbons (Fsp3) is 0.455. The summed E-state index contributed by atoms with van der Waals surface area (Å²) in [5.74, 6) is 0.208. The lowest BCUT2D eigenvalue weighted by molar-refractivity contribution is -0.138. The van der Waals surface area contributed by atoms with Crippen LogP contribution in [0.25, 0.3) is 0 Å². The highest BCUT2D eigenvalue weighted by atomic mass is 32.1. The molecule has 1 aromatic carbocycles. The second kappa shape index (κ2) is 7.47. The minimum atomic E-state index is -0.152. The van der Waals surface area contributed by atoms with Crippen LogP contribution in [-0.4, -0.2) is 34.7 Å². The van der Waals surface area contributed by atoms with Crippen molar-refractivity contribution in [2.45, 2.75) is 51.6 Å². The molecule has 4 rings (SSSR count). The predicted molar refractivity (Wildman–Crippen MR) is 108 cm³/mol. The van der Waals surface area contributed by atoms with Crippen LogP contribution in [0, 0.1) is 0 Å². The summed E-state index contributed by atoms with van der Waals surface area (Å²) >= 11 is 1.80. The second-order valence-corrected chi connectivity index (χ2v) is 8.44. The highest BCUT2D eigenvalue weighted by molar-refractivity contribution is 7.10. The molecule has 27 heavy (non-hydrogen) atoms. The summed E-state index contributed by atoms with van der Waals surface area (Å²) in [6.07, 6.45) is 3.09. The quantitative estimate of drug-likeness (QED) is 0.801. The smallest absolute Gasteiger partial charge is 0.225 e. The van der Waals surface area contributed by atoms with Crippen molar-refractivity contribution in [3.05, 3.63) is 57.3 Å². The molecule has 1 aromatic heterocycles. The predicted octanol–water partition coefficient (Wildman–Crippen LogP) is 4.12. The molecule has 2 aliphatic heterocycles. The molecule has 0 aliphatic carbocycles. The van der Waals surface area contributed by atoms with Gasteiger partial charge in [-0.1, -0.05) is 31.2 Å². The van der Waals surface area contributed by atoms with Crippen LogP contribution in [0.2, 0.25) is 0 Å². The first-order valence-electron chi connectivity index (χ1n) is 9.81. The molecule has 0 saturated carbocycles. The van der Waals surface area contributed by atoms with E-state index >= 15 is 0 Å². The molecule has 2 unspecified atom stereocenters. The molecule has 3 heterocycles. The molecule has 0 fully saturated rings. The number of benzene rings is 1. The lowest BCUT2D eigenvalue weighted by Crippen LogP contribution is -2.44. The van der Waals surface area contributed by atoms with E-state index in [9.17, 15) is 9.59 Å². The first-order chi connectivity index (χ1) is 13.1. The zero-order valence-corrected chi connectivity index (χ0v) is 16.8. The third-order valence-corrected chi connectivity index (χ3v) is 6.98. The molecule has 5 heteroatoms. The van der Waals surface area contributed by atoms with Crippen molar-refractivity contribution in [1.82, 2.24) is 9.80 Å². The summed E-state index contributed by atoms with van der Waals surface area (Å²) in [4.78, 5) is 30.9.